The number of hydrogen-bond acceptors (Lipinski definition) is 5. The van der Waals surface area contributed by atoms with E-state index in [9.17, 15) is 13.2 Å². The Morgan fingerprint density at radius 2 is 1.85 bits per heavy atom. The van der Waals surface area contributed by atoms with Crippen LogP contribution in [-0.4, -0.2) is 25.4 Å². The number of hydrogen-bond donors (Lipinski definition) is 2. The zero-order chi connectivity index (χ0) is 18.9. The largest absolute Gasteiger partial charge is 0.298 e. The molecule has 3 aromatic rings. The molecule has 2 aromatic carbocycles. The third-order valence-electron chi connectivity index (χ3n) is 4.60. The van der Waals surface area contributed by atoms with E-state index in [4.69, 9.17) is 0 Å². The van der Waals surface area contributed by atoms with E-state index in [1.54, 1.807) is 12.1 Å². The molecule has 1 aliphatic rings. The summed E-state index contributed by atoms with van der Waals surface area (Å²) in [6, 6.07) is 13.7. The molecule has 0 aliphatic heterocycles. The third-order valence-corrected chi connectivity index (χ3v) is 7.07. The van der Waals surface area contributed by atoms with Crippen molar-refractivity contribution < 1.29 is 13.2 Å². The molecule has 1 amide bonds. The molecule has 0 saturated heterocycles. The van der Waals surface area contributed by atoms with Crippen molar-refractivity contribution in [2.45, 2.75) is 36.6 Å². The molecule has 0 radical (unpaired) electrons. The summed E-state index contributed by atoms with van der Waals surface area (Å²) in [5.41, 5.74) is 1.10. The normalized spacial score (nSPS) is 15.3. The second kappa shape index (κ2) is 7.38. The standard InChI is InChI=1S/C19H19N3O3S2/c23-18(21-19-20-16-10-3-4-11-17(16)26-19)13-6-5-9-15(12-13)27(24,25)22-14-7-1-2-8-14/h3-6,9-12,14,22H,1-2,7-8H2,(H,20,21,23). The van der Waals surface area contributed by atoms with Crippen molar-refractivity contribution in [3.05, 3.63) is 54.1 Å². The number of anilines is 1. The Balaban J connectivity index is 1.53. The predicted molar refractivity (Wildman–Crippen MR) is 107 cm³/mol. The van der Waals surface area contributed by atoms with Crippen LogP contribution in [0, 0.1) is 0 Å². The van der Waals surface area contributed by atoms with Gasteiger partial charge in [0.2, 0.25) is 10.0 Å². The van der Waals surface area contributed by atoms with Gasteiger partial charge >= 0.3 is 0 Å². The lowest BCUT2D eigenvalue weighted by Gasteiger charge is -2.13. The number of rotatable bonds is 5. The monoisotopic (exact) mass is 401 g/mol. The van der Waals surface area contributed by atoms with Gasteiger partial charge in [0.05, 0.1) is 15.1 Å². The van der Waals surface area contributed by atoms with Crippen LogP contribution in [0.25, 0.3) is 10.2 Å². The van der Waals surface area contributed by atoms with Gasteiger partial charge in [-0.25, -0.2) is 18.1 Å². The predicted octanol–water partition coefficient (Wildman–Crippen LogP) is 3.77. The summed E-state index contributed by atoms with van der Waals surface area (Å²) in [6.45, 7) is 0. The fourth-order valence-electron chi connectivity index (χ4n) is 3.23. The Morgan fingerprint density at radius 3 is 2.63 bits per heavy atom. The lowest BCUT2D eigenvalue weighted by atomic mass is 10.2. The fraction of sp³-hybridized carbons (Fsp3) is 0.263. The first-order valence-corrected chi connectivity index (χ1v) is 11.1. The van der Waals surface area contributed by atoms with Gasteiger partial charge in [0.25, 0.3) is 5.91 Å². The number of para-hydroxylation sites is 1. The van der Waals surface area contributed by atoms with E-state index in [-0.39, 0.29) is 22.4 Å². The zero-order valence-electron chi connectivity index (χ0n) is 14.5. The number of aromatic nitrogens is 1. The third kappa shape index (κ3) is 4.02. The summed E-state index contributed by atoms with van der Waals surface area (Å²) in [6.07, 6.45) is 3.80. The number of amides is 1. The summed E-state index contributed by atoms with van der Waals surface area (Å²) < 4.78 is 28.9. The number of sulfonamides is 1. The molecule has 1 fully saturated rings. The van der Waals surface area contributed by atoms with E-state index in [1.165, 1.54) is 23.5 Å². The van der Waals surface area contributed by atoms with Gasteiger partial charge in [0.15, 0.2) is 5.13 Å². The van der Waals surface area contributed by atoms with Crippen molar-refractivity contribution in [3.8, 4) is 0 Å². The molecule has 0 atom stereocenters. The fourth-order valence-corrected chi connectivity index (χ4v) is 5.44. The number of nitrogens with zero attached hydrogens (tertiary/aromatic N) is 1. The molecule has 8 heteroatoms. The Hall–Kier alpha value is -2.29. The topological polar surface area (TPSA) is 88.2 Å². The summed E-state index contributed by atoms with van der Waals surface area (Å²) >= 11 is 1.38. The molecule has 1 aliphatic carbocycles. The van der Waals surface area contributed by atoms with Crippen molar-refractivity contribution >= 4 is 42.6 Å². The number of nitrogens with one attached hydrogen (secondary N) is 2. The molecule has 0 bridgehead atoms. The summed E-state index contributed by atoms with van der Waals surface area (Å²) in [5.74, 6) is -0.382. The van der Waals surface area contributed by atoms with Crippen molar-refractivity contribution in [3.63, 3.8) is 0 Å². The molecular weight excluding hydrogens is 382 g/mol. The molecule has 27 heavy (non-hydrogen) atoms. The second-order valence-electron chi connectivity index (χ2n) is 6.57. The number of thiazole rings is 1. The summed E-state index contributed by atoms with van der Waals surface area (Å²) in [7, 11) is -3.64. The van der Waals surface area contributed by atoms with Crippen molar-refractivity contribution in [2.75, 3.05) is 5.32 Å². The lowest BCUT2D eigenvalue weighted by molar-refractivity contribution is 0.102. The Kier molecular flexibility index (Phi) is 4.94. The average molecular weight is 402 g/mol. The van der Waals surface area contributed by atoms with Gasteiger partial charge in [-0.2, -0.15) is 0 Å². The number of carbonyl (C=O) groups excluding carboxylic acids is 1. The maximum Gasteiger partial charge on any atom is 0.257 e. The smallest absolute Gasteiger partial charge is 0.257 e. The minimum atomic E-state index is -3.64. The maximum atomic E-state index is 12.6. The first kappa shape index (κ1) is 18.1. The molecule has 1 aromatic heterocycles. The molecule has 6 nitrogen and oxygen atoms in total. The van der Waals surface area contributed by atoms with Crippen LogP contribution in [-0.2, 0) is 10.0 Å². The van der Waals surface area contributed by atoms with E-state index in [0.29, 0.717) is 5.13 Å². The molecule has 2 N–H and O–H groups in total. The maximum absolute atomic E-state index is 12.6. The van der Waals surface area contributed by atoms with E-state index in [1.807, 2.05) is 24.3 Å². The van der Waals surface area contributed by atoms with Gasteiger partial charge in [0.1, 0.15) is 0 Å². The SMILES string of the molecule is O=C(Nc1nc2ccccc2s1)c1cccc(S(=O)(=O)NC2CCCC2)c1. The van der Waals surface area contributed by atoms with Crippen LogP contribution < -0.4 is 10.0 Å². The highest BCUT2D eigenvalue weighted by atomic mass is 32.2. The van der Waals surface area contributed by atoms with Gasteiger partial charge in [-0.1, -0.05) is 42.4 Å². The molecule has 1 heterocycles. The first-order chi connectivity index (χ1) is 13.0. The average Bonchev–Trinajstić information content (AvgIpc) is 3.30. The molecule has 0 spiro atoms. The van der Waals surface area contributed by atoms with Crippen LogP contribution in [0.2, 0.25) is 0 Å². The molecule has 1 saturated carbocycles. The number of fused-ring (bicyclic) bond motifs is 1. The Morgan fingerprint density at radius 1 is 1.07 bits per heavy atom. The Bertz CT molecular complexity index is 1050. The van der Waals surface area contributed by atoms with Gasteiger partial charge < -0.3 is 0 Å². The lowest BCUT2D eigenvalue weighted by Crippen LogP contribution is -2.32. The van der Waals surface area contributed by atoms with Crippen LogP contribution in [0.1, 0.15) is 36.0 Å². The van der Waals surface area contributed by atoms with E-state index in [0.717, 1.165) is 35.9 Å². The zero-order valence-corrected chi connectivity index (χ0v) is 16.1. The van der Waals surface area contributed by atoms with Crippen LogP contribution in [0.3, 0.4) is 0 Å². The number of carbonyl (C=O) groups is 1. The van der Waals surface area contributed by atoms with E-state index < -0.39 is 10.0 Å². The number of benzene rings is 2. The summed E-state index contributed by atoms with van der Waals surface area (Å²) in [4.78, 5) is 17.0. The molecule has 140 valence electrons. The highest BCUT2D eigenvalue weighted by molar-refractivity contribution is 7.89. The van der Waals surface area contributed by atoms with E-state index in [2.05, 4.69) is 15.0 Å². The van der Waals surface area contributed by atoms with Crippen LogP contribution in [0.5, 0.6) is 0 Å². The van der Waals surface area contributed by atoms with Crippen LogP contribution in [0.4, 0.5) is 5.13 Å². The highest BCUT2D eigenvalue weighted by Crippen LogP contribution is 2.26. The quantitative estimate of drug-likeness (QED) is 0.681. The Labute approximate surface area is 161 Å². The molecule has 4 rings (SSSR count). The highest BCUT2D eigenvalue weighted by Gasteiger charge is 2.23. The van der Waals surface area contributed by atoms with Crippen LogP contribution in [0.15, 0.2) is 53.4 Å². The minimum absolute atomic E-state index is 0.0183. The van der Waals surface area contributed by atoms with Crippen LogP contribution >= 0.6 is 11.3 Å². The second-order valence-corrected chi connectivity index (χ2v) is 9.32. The van der Waals surface area contributed by atoms with Gasteiger partial charge in [-0.3, -0.25) is 10.1 Å². The summed E-state index contributed by atoms with van der Waals surface area (Å²) in [5, 5.41) is 3.24. The van der Waals surface area contributed by atoms with Crippen molar-refractivity contribution in [1.82, 2.24) is 9.71 Å². The van der Waals surface area contributed by atoms with Crippen molar-refractivity contribution in [2.24, 2.45) is 0 Å². The molecule has 0 unspecified atom stereocenters. The van der Waals surface area contributed by atoms with Gasteiger partial charge in [-0.15, -0.1) is 0 Å². The van der Waals surface area contributed by atoms with Crippen molar-refractivity contribution in [1.29, 1.82) is 0 Å². The minimum Gasteiger partial charge on any atom is -0.298 e. The van der Waals surface area contributed by atoms with E-state index >= 15 is 0 Å². The van der Waals surface area contributed by atoms with Gasteiger partial charge in [-0.05, 0) is 43.2 Å². The first-order valence-electron chi connectivity index (χ1n) is 8.81. The molecular formula is C19H19N3O3S2. The van der Waals surface area contributed by atoms with Gasteiger partial charge in [0, 0.05) is 11.6 Å².